The molecule has 2 N–H and O–H groups in total. The molecule has 4 aliphatic carbocycles. The van der Waals surface area contributed by atoms with Gasteiger partial charge in [0.25, 0.3) is 0 Å². The van der Waals surface area contributed by atoms with E-state index in [0.717, 1.165) is 78.3 Å². The van der Waals surface area contributed by atoms with Gasteiger partial charge in [-0.25, -0.2) is 0 Å². The standard InChI is InChI=1S/C24H24Cl2N4O.C24H20Cl2N4O/c2*1-24(18-4-2-3-5-18)13-17-12-16(20(25)21(26)19(17)22(24)31)11-8-14-6-9-15(10-7-14)23-27-29-30-28-23/h6-7,9-10,12,18H,2-5,8,11,13H2,1H3,(H,27,28,29,30);6-7,9-10,12,18H,2-5,13H2,1H3,(H,27,28,29,30). The van der Waals surface area contributed by atoms with E-state index < -0.39 is 0 Å². The molecule has 316 valence electrons. The van der Waals surface area contributed by atoms with Gasteiger partial charge in [0.05, 0.1) is 20.1 Å². The van der Waals surface area contributed by atoms with Crippen molar-refractivity contribution in [2.75, 3.05) is 0 Å². The number of aromatic nitrogens is 8. The van der Waals surface area contributed by atoms with Gasteiger partial charge in [-0.2, -0.15) is 10.4 Å². The van der Waals surface area contributed by atoms with E-state index >= 15 is 0 Å². The fraction of sp³-hybridized carbons (Fsp3) is 0.375. The van der Waals surface area contributed by atoms with E-state index in [1.807, 2.05) is 42.5 Å². The third-order valence-corrected chi connectivity index (χ3v) is 15.6. The zero-order valence-corrected chi connectivity index (χ0v) is 37.4. The number of benzene rings is 4. The second-order valence-corrected chi connectivity index (χ2v) is 19.1. The van der Waals surface area contributed by atoms with Gasteiger partial charge in [-0.3, -0.25) is 9.59 Å². The first-order chi connectivity index (χ1) is 29.9. The molecule has 0 bridgehead atoms. The van der Waals surface area contributed by atoms with Gasteiger partial charge >= 0.3 is 0 Å². The SMILES string of the molecule is CC1(C2CCCC2)Cc2cc(C#Cc3ccc(-c4nn[nH]n4)cc3)c(Cl)c(Cl)c2C1=O.CC1(C2CCCC2)Cc2cc(CCc3ccc(-c4nn[nH]n4)cc3)c(Cl)c(Cl)c2C1=O. The summed E-state index contributed by atoms with van der Waals surface area (Å²) in [6.45, 7) is 4.21. The van der Waals surface area contributed by atoms with Crippen LogP contribution in [0.15, 0.2) is 60.7 Å². The lowest BCUT2D eigenvalue weighted by Crippen LogP contribution is -2.32. The molecule has 2 unspecified atom stereocenters. The normalized spacial score (nSPS) is 20.8. The Bertz CT molecular complexity index is 2720. The highest BCUT2D eigenvalue weighted by atomic mass is 35.5. The molecule has 6 aromatic rings. The van der Waals surface area contributed by atoms with Crippen LogP contribution in [0.3, 0.4) is 0 Å². The minimum Gasteiger partial charge on any atom is -0.293 e. The van der Waals surface area contributed by atoms with Gasteiger partial charge in [0, 0.05) is 44.2 Å². The minimum atomic E-state index is -0.386. The second-order valence-electron chi connectivity index (χ2n) is 17.6. The van der Waals surface area contributed by atoms with Gasteiger partial charge in [0.2, 0.25) is 11.6 Å². The maximum Gasteiger partial charge on any atom is 0.204 e. The van der Waals surface area contributed by atoms with Crippen LogP contribution in [0.4, 0.5) is 0 Å². The number of hydrogen-bond acceptors (Lipinski definition) is 8. The predicted molar refractivity (Wildman–Crippen MR) is 242 cm³/mol. The number of nitrogens with one attached hydrogen (secondary N) is 2. The Morgan fingerprint density at radius 2 is 1.10 bits per heavy atom. The van der Waals surface area contributed by atoms with Crippen molar-refractivity contribution in [2.24, 2.45) is 22.7 Å². The molecular weight excluding hydrogens is 862 g/mol. The first-order valence-corrected chi connectivity index (χ1v) is 22.7. The molecule has 0 radical (unpaired) electrons. The van der Waals surface area contributed by atoms with Crippen LogP contribution >= 0.6 is 46.4 Å². The molecule has 4 aliphatic rings. The Balaban J connectivity index is 0.000000158. The zero-order chi connectivity index (χ0) is 43.2. The third kappa shape index (κ3) is 7.87. The van der Waals surface area contributed by atoms with Crippen LogP contribution in [0.25, 0.3) is 22.8 Å². The maximum atomic E-state index is 13.3. The number of H-pyrrole nitrogens is 2. The van der Waals surface area contributed by atoms with Crippen LogP contribution in [-0.4, -0.2) is 52.8 Å². The Kier molecular flexibility index (Phi) is 11.8. The zero-order valence-electron chi connectivity index (χ0n) is 34.4. The van der Waals surface area contributed by atoms with Crippen LogP contribution in [0.1, 0.15) is 119 Å². The predicted octanol–water partition coefficient (Wildman–Crippen LogP) is 11.4. The Hall–Kier alpha value is -4.92. The number of ketones is 2. The number of hydrogen-bond donors (Lipinski definition) is 2. The largest absolute Gasteiger partial charge is 0.293 e. The molecular formula is C48H44Cl4N8O2. The van der Waals surface area contributed by atoms with Gasteiger partial charge in [-0.05, 0) is 126 Å². The summed E-state index contributed by atoms with van der Waals surface area (Å²) in [4.78, 5) is 26.6. The summed E-state index contributed by atoms with van der Waals surface area (Å²) in [6, 6.07) is 19.7. The highest BCUT2D eigenvalue weighted by Crippen LogP contribution is 2.53. The maximum absolute atomic E-state index is 13.3. The first-order valence-electron chi connectivity index (χ1n) is 21.2. The van der Waals surface area contributed by atoms with E-state index in [-0.39, 0.29) is 22.4 Å². The topological polar surface area (TPSA) is 143 Å². The number of tetrazole rings is 2. The lowest BCUT2D eigenvalue weighted by Gasteiger charge is -2.29. The van der Waals surface area contributed by atoms with E-state index in [4.69, 9.17) is 46.4 Å². The molecule has 0 spiro atoms. The number of halogens is 4. The van der Waals surface area contributed by atoms with Crippen molar-refractivity contribution in [3.8, 4) is 34.6 Å². The number of Topliss-reactive ketones (excluding diaryl/α,β-unsaturated/α-hetero) is 2. The van der Waals surface area contributed by atoms with Crippen molar-refractivity contribution >= 4 is 58.0 Å². The first kappa shape index (κ1) is 42.4. The molecule has 2 heterocycles. The van der Waals surface area contributed by atoms with Gasteiger partial charge in [-0.1, -0.05) is 128 Å². The van der Waals surface area contributed by atoms with Gasteiger partial charge < -0.3 is 0 Å². The van der Waals surface area contributed by atoms with Crippen LogP contribution in [0, 0.1) is 34.5 Å². The van der Waals surface area contributed by atoms with E-state index in [2.05, 4.69) is 85.1 Å². The Labute approximate surface area is 380 Å². The van der Waals surface area contributed by atoms with Crippen LogP contribution in [-0.2, 0) is 25.7 Å². The average Bonchev–Trinajstić information content (AvgIpc) is 4.14. The number of rotatable bonds is 7. The number of aromatic amines is 2. The summed E-state index contributed by atoms with van der Waals surface area (Å²) in [5.41, 5.74) is 8.00. The Morgan fingerprint density at radius 3 is 1.60 bits per heavy atom. The minimum absolute atomic E-state index is 0.137. The second kappa shape index (κ2) is 17.3. The molecule has 62 heavy (non-hydrogen) atoms. The monoisotopic (exact) mass is 904 g/mol. The van der Waals surface area contributed by atoms with Crippen molar-refractivity contribution in [1.82, 2.24) is 41.2 Å². The van der Waals surface area contributed by atoms with Gasteiger partial charge in [0.15, 0.2) is 11.6 Å². The van der Waals surface area contributed by atoms with Crippen molar-refractivity contribution in [1.29, 1.82) is 0 Å². The molecule has 10 rings (SSSR count). The van der Waals surface area contributed by atoms with E-state index in [9.17, 15) is 9.59 Å². The van der Waals surface area contributed by atoms with Crippen molar-refractivity contribution < 1.29 is 9.59 Å². The average molecular weight is 907 g/mol. The molecule has 2 fully saturated rings. The molecule has 0 amide bonds. The fourth-order valence-corrected chi connectivity index (χ4v) is 11.4. The number of carbonyl (C=O) groups excluding carboxylic acids is 2. The number of fused-ring (bicyclic) bond motifs is 2. The van der Waals surface area contributed by atoms with E-state index in [1.165, 1.54) is 31.2 Å². The summed E-state index contributed by atoms with van der Waals surface area (Å²) in [5.74, 6) is 8.57. The number of nitrogens with zero attached hydrogens (tertiary/aromatic N) is 6. The molecule has 0 aliphatic heterocycles. The lowest BCUT2D eigenvalue weighted by atomic mass is 9.73. The Morgan fingerprint density at radius 1 is 0.613 bits per heavy atom. The van der Waals surface area contributed by atoms with Crippen LogP contribution in [0.2, 0.25) is 20.1 Å². The molecule has 2 aromatic heterocycles. The summed E-state index contributed by atoms with van der Waals surface area (Å²) in [7, 11) is 0. The van der Waals surface area contributed by atoms with Crippen molar-refractivity contribution in [3.63, 3.8) is 0 Å². The van der Waals surface area contributed by atoms with Crippen molar-refractivity contribution in [3.05, 3.63) is 125 Å². The van der Waals surface area contributed by atoms with E-state index in [0.29, 0.717) is 66.7 Å². The number of carbonyl (C=O) groups is 2. The van der Waals surface area contributed by atoms with Gasteiger partial charge in [0.1, 0.15) is 0 Å². The highest BCUT2D eigenvalue weighted by Gasteiger charge is 2.50. The summed E-state index contributed by atoms with van der Waals surface area (Å²) in [6.07, 6.45) is 12.4. The third-order valence-electron chi connectivity index (χ3n) is 13.8. The fourth-order valence-electron chi connectivity index (χ4n) is 10.3. The lowest BCUT2D eigenvalue weighted by molar-refractivity contribution is 0.0738. The van der Waals surface area contributed by atoms with Gasteiger partial charge in [-0.15, -0.1) is 20.4 Å². The molecule has 2 atom stereocenters. The molecule has 0 saturated heterocycles. The quantitative estimate of drug-likeness (QED) is 0.151. The number of aryl methyl sites for hydroxylation is 2. The molecule has 10 nitrogen and oxygen atoms in total. The highest BCUT2D eigenvalue weighted by molar-refractivity contribution is 6.45. The summed E-state index contributed by atoms with van der Waals surface area (Å²) < 4.78 is 0. The smallest absolute Gasteiger partial charge is 0.204 e. The van der Waals surface area contributed by atoms with E-state index in [1.54, 1.807) is 0 Å². The van der Waals surface area contributed by atoms with Crippen LogP contribution in [0.5, 0.6) is 0 Å². The molecule has 14 heteroatoms. The summed E-state index contributed by atoms with van der Waals surface area (Å²) in [5, 5.41) is 29.7. The van der Waals surface area contributed by atoms with Crippen LogP contribution < -0.4 is 0 Å². The molecule has 4 aromatic carbocycles. The molecule has 2 saturated carbocycles. The van der Waals surface area contributed by atoms with Crippen molar-refractivity contribution in [2.45, 2.75) is 90.9 Å². The summed E-state index contributed by atoms with van der Waals surface area (Å²) >= 11 is 26.4.